The number of benzene rings is 1. The molecule has 0 amide bonds. The quantitative estimate of drug-likeness (QED) is 0.655. The van der Waals surface area contributed by atoms with Gasteiger partial charge in [0.1, 0.15) is 11.0 Å². The van der Waals surface area contributed by atoms with E-state index in [1.807, 2.05) is 12.4 Å². The Balaban J connectivity index is 2.43. The molecular formula is C13H15N5. The molecule has 3 aromatic rings. The minimum absolute atomic E-state index is 0.0129. The second kappa shape index (κ2) is 3.41. The zero-order valence-electron chi connectivity index (χ0n) is 10.7. The Bertz CT molecular complexity index is 736. The van der Waals surface area contributed by atoms with E-state index in [1.165, 1.54) is 0 Å². The summed E-state index contributed by atoms with van der Waals surface area (Å²) in [7, 11) is 0. The first-order chi connectivity index (χ1) is 8.47. The molecule has 18 heavy (non-hydrogen) atoms. The zero-order chi connectivity index (χ0) is 12.9. The van der Waals surface area contributed by atoms with Crippen molar-refractivity contribution >= 4 is 27.9 Å². The van der Waals surface area contributed by atoms with Gasteiger partial charge in [0.15, 0.2) is 0 Å². The van der Waals surface area contributed by atoms with Crippen molar-refractivity contribution in [1.82, 2.24) is 19.5 Å². The lowest BCUT2D eigenvalue weighted by atomic mass is 10.1. The number of imidazole rings is 1. The van der Waals surface area contributed by atoms with Gasteiger partial charge in [-0.3, -0.25) is 0 Å². The van der Waals surface area contributed by atoms with E-state index in [0.29, 0.717) is 0 Å². The fourth-order valence-electron chi connectivity index (χ4n) is 2.12. The van der Waals surface area contributed by atoms with Gasteiger partial charge in [-0.15, -0.1) is 0 Å². The minimum atomic E-state index is -0.0129. The smallest absolute Gasteiger partial charge is 0.220 e. The molecule has 0 aliphatic carbocycles. The molecule has 0 fully saturated rings. The van der Waals surface area contributed by atoms with E-state index in [-0.39, 0.29) is 11.5 Å². The third kappa shape index (κ3) is 1.51. The largest absolute Gasteiger partial charge is 0.368 e. The van der Waals surface area contributed by atoms with Crippen molar-refractivity contribution in [3.8, 4) is 0 Å². The lowest BCUT2D eigenvalue weighted by Gasteiger charge is -2.21. The number of rotatable bonds is 0. The molecule has 0 aliphatic rings. The van der Waals surface area contributed by atoms with Crippen molar-refractivity contribution in [3.05, 3.63) is 24.7 Å². The molecule has 5 nitrogen and oxygen atoms in total. The third-order valence-corrected chi connectivity index (χ3v) is 3.01. The maximum Gasteiger partial charge on any atom is 0.220 e. The minimum Gasteiger partial charge on any atom is -0.368 e. The number of nitrogen functional groups attached to an aromatic ring is 1. The van der Waals surface area contributed by atoms with Crippen LogP contribution < -0.4 is 5.73 Å². The summed E-state index contributed by atoms with van der Waals surface area (Å²) in [5, 5.41) is 0.954. The van der Waals surface area contributed by atoms with Crippen molar-refractivity contribution in [1.29, 1.82) is 0 Å². The van der Waals surface area contributed by atoms with Crippen LogP contribution in [0.3, 0.4) is 0 Å². The molecule has 0 bridgehead atoms. The molecule has 0 aliphatic heterocycles. The summed E-state index contributed by atoms with van der Waals surface area (Å²) in [6.45, 7) is 6.44. The molecule has 0 atom stereocenters. The van der Waals surface area contributed by atoms with Crippen molar-refractivity contribution in [2.24, 2.45) is 0 Å². The van der Waals surface area contributed by atoms with Gasteiger partial charge in [0.25, 0.3) is 0 Å². The topological polar surface area (TPSA) is 69.6 Å². The molecule has 0 spiro atoms. The first kappa shape index (κ1) is 11.0. The van der Waals surface area contributed by atoms with Gasteiger partial charge in [-0.05, 0) is 32.9 Å². The Kier molecular flexibility index (Phi) is 2.08. The Morgan fingerprint density at radius 3 is 2.61 bits per heavy atom. The summed E-state index contributed by atoms with van der Waals surface area (Å²) >= 11 is 0. The zero-order valence-corrected chi connectivity index (χ0v) is 10.7. The summed E-state index contributed by atoms with van der Waals surface area (Å²) in [6.07, 6.45) is 3.58. The van der Waals surface area contributed by atoms with E-state index in [1.54, 1.807) is 6.20 Å². The summed E-state index contributed by atoms with van der Waals surface area (Å²) in [6, 6.07) is 4.05. The van der Waals surface area contributed by atoms with E-state index < -0.39 is 0 Å². The first-order valence-electron chi connectivity index (χ1n) is 5.85. The van der Waals surface area contributed by atoms with Gasteiger partial charge in [0.2, 0.25) is 5.95 Å². The highest BCUT2D eigenvalue weighted by Gasteiger charge is 2.17. The molecule has 5 heteroatoms. The summed E-state index contributed by atoms with van der Waals surface area (Å²) in [5.74, 6) is 0.278. The third-order valence-electron chi connectivity index (χ3n) is 3.01. The second-order valence-electron chi connectivity index (χ2n) is 5.38. The van der Waals surface area contributed by atoms with Crippen LogP contribution in [0, 0.1) is 0 Å². The van der Waals surface area contributed by atoms with Crippen LogP contribution in [0.25, 0.3) is 21.9 Å². The molecule has 0 radical (unpaired) electrons. The predicted octanol–water partition coefficient (Wildman–Crippen LogP) is 2.32. The van der Waals surface area contributed by atoms with E-state index in [2.05, 4.69) is 46.4 Å². The fourth-order valence-corrected chi connectivity index (χ4v) is 2.12. The number of hydrogen-bond donors (Lipinski definition) is 1. The predicted molar refractivity (Wildman–Crippen MR) is 72.2 cm³/mol. The Hall–Kier alpha value is -2.17. The molecule has 1 aromatic carbocycles. The van der Waals surface area contributed by atoms with Crippen LogP contribution in [0.5, 0.6) is 0 Å². The molecule has 2 N–H and O–H groups in total. The number of hydrogen-bond acceptors (Lipinski definition) is 4. The van der Waals surface area contributed by atoms with Gasteiger partial charge >= 0.3 is 0 Å². The van der Waals surface area contributed by atoms with Crippen LogP contribution in [-0.4, -0.2) is 19.5 Å². The SMILES string of the molecule is CC(C)(C)n1cnc2c3nc(N)ncc3ccc21. The van der Waals surface area contributed by atoms with Gasteiger partial charge < -0.3 is 10.3 Å². The van der Waals surface area contributed by atoms with Crippen LogP contribution in [0.2, 0.25) is 0 Å². The van der Waals surface area contributed by atoms with Crippen LogP contribution in [-0.2, 0) is 5.54 Å². The molecular weight excluding hydrogens is 226 g/mol. The van der Waals surface area contributed by atoms with Gasteiger partial charge in [-0.1, -0.05) is 0 Å². The normalized spacial score (nSPS) is 12.4. The number of fused-ring (bicyclic) bond motifs is 3. The van der Waals surface area contributed by atoms with Crippen molar-refractivity contribution < 1.29 is 0 Å². The molecule has 2 aromatic heterocycles. The molecule has 0 saturated carbocycles. The first-order valence-corrected chi connectivity index (χ1v) is 5.85. The highest BCUT2D eigenvalue weighted by Crippen LogP contribution is 2.26. The lowest BCUT2D eigenvalue weighted by molar-refractivity contribution is 0.408. The molecule has 0 unspecified atom stereocenters. The summed E-state index contributed by atoms with van der Waals surface area (Å²) in [5.41, 5.74) is 8.38. The highest BCUT2D eigenvalue weighted by atomic mass is 15.1. The maximum absolute atomic E-state index is 5.65. The highest BCUT2D eigenvalue weighted by molar-refractivity contribution is 6.01. The average molecular weight is 241 g/mol. The van der Waals surface area contributed by atoms with Gasteiger partial charge in [-0.2, -0.15) is 0 Å². The van der Waals surface area contributed by atoms with Crippen molar-refractivity contribution in [2.75, 3.05) is 5.73 Å². The molecule has 3 rings (SSSR count). The molecule has 2 heterocycles. The fraction of sp³-hybridized carbons (Fsp3) is 0.308. The Labute approximate surface area is 105 Å². The number of aromatic nitrogens is 4. The summed E-state index contributed by atoms with van der Waals surface area (Å²) < 4.78 is 2.14. The average Bonchev–Trinajstić information content (AvgIpc) is 2.72. The van der Waals surface area contributed by atoms with Crippen LogP contribution in [0.15, 0.2) is 24.7 Å². The van der Waals surface area contributed by atoms with Gasteiger partial charge in [0.05, 0.1) is 11.8 Å². The van der Waals surface area contributed by atoms with Gasteiger partial charge in [0, 0.05) is 17.1 Å². The molecule has 92 valence electrons. The van der Waals surface area contributed by atoms with Crippen molar-refractivity contribution in [3.63, 3.8) is 0 Å². The van der Waals surface area contributed by atoms with Crippen molar-refractivity contribution in [2.45, 2.75) is 26.3 Å². The van der Waals surface area contributed by atoms with Gasteiger partial charge in [-0.25, -0.2) is 15.0 Å². The van der Waals surface area contributed by atoms with Crippen LogP contribution in [0.1, 0.15) is 20.8 Å². The van der Waals surface area contributed by atoms with Crippen LogP contribution in [0.4, 0.5) is 5.95 Å². The molecule has 0 saturated heterocycles. The van der Waals surface area contributed by atoms with E-state index >= 15 is 0 Å². The number of nitrogens with zero attached hydrogens (tertiary/aromatic N) is 4. The Morgan fingerprint density at radius 1 is 1.11 bits per heavy atom. The summed E-state index contributed by atoms with van der Waals surface area (Å²) in [4.78, 5) is 12.8. The number of anilines is 1. The van der Waals surface area contributed by atoms with E-state index in [0.717, 1.165) is 21.9 Å². The van der Waals surface area contributed by atoms with E-state index in [9.17, 15) is 0 Å². The maximum atomic E-state index is 5.65. The monoisotopic (exact) mass is 241 g/mol. The lowest BCUT2D eigenvalue weighted by Crippen LogP contribution is -2.20. The second-order valence-corrected chi connectivity index (χ2v) is 5.38. The van der Waals surface area contributed by atoms with Crippen LogP contribution >= 0.6 is 0 Å². The standard InChI is InChI=1S/C13H15N5/c1-13(2,3)18-7-16-11-9(18)5-4-8-6-15-12(14)17-10(8)11/h4-7H,1-3H3,(H2,14,15,17). The van der Waals surface area contributed by atoms with E-state index in [4.69, 9.17) is 5.73 Å². The Morgan fingerprint density at radius 2 is 1.89 bits per heavy atom. The number of nitrogens with two attached hydrogens (primary N) is 1.